The summed E-state index contributed by atoms with van der Waals surface area (Å²) < 4.78 is 7.43. The van der Waals surface area contributed by atoms with Gasteiger partial charge in [-0.1, -0.05) is 0 Å². The highest BCUT2D eigenvalue weighted by molar-refractivity contribution is 5.93. The lowest BCUT2D eigenvalue weighted by atomic mass is 10.1. The number of ether oxygens (including phenoxy) is 1. The monoisotopic (exact) mass is 250 g/mol. The molecule has 3 heterocycles. The molecule has 2 aliphatic heterocycles. The van der Waals surface area contributed by atoms with E-state index in [2.05, 4.69) is 15.7 Å². The summed E-state index contributed by atoms with van der Waals surface area (Å²) in [7, 11) is 1.81. The third kappa shape index (κ3) is 2.02. The molecule has 6 nitrogen and oxygen atoms in total. The number of fused-ring (bicyclic) bond motifs is 1. The van der Waals surface area contributed by atoms with Crippen molar-refractivity contribution in [2.45, 2.75) is 38.0 Å². The van der Waals surface area contributed by atoms with Crippen molar-refractivity contribution in [3.05, 3.63) is 11.8 Å². The molecule has 2 aliphatic rings. The van der Waals surface area contributed by atoms with E-state index in [-0.39, 0.29) is 18.1 Å². The van der Waals surface area contributed by atoms with Crippen molar-refractivity contribution in [3.8, 4) is 0 Å². The van der Waals surface area contributed by atoms with Crippen molar-refractivity contribution in [2.24, 2.45) is 7.05 Å². The van der Waals surface area contributed by atoms with Crippen molar-refractivity contribution in [2.75, 3.05) is 11.9 Å². The van der Waals surface area contributed by atoms with E-state index in [0.29, 0.717) is 11.9 Å². The van der Waals surface area contributed by atoms with E-state index in [4.69, 9.17) is 4.74 Å². The maximum Gasteiger partial charge on any atom is 0.254 e. The van der Waals surface area contributed by atoms with Gasteiger partial charge in [0.2, 0.25) is 0 Å². The van der Waals surface area contributed by atoms with Gasteiger partial charge in [0.1, 0.15) is 11.9 Å². The van der Waals surface area contributed by atoms with Crippen LogP contribution in [-0.2, 0) is 16.6 Å². The van der Waals surface area contributed by atoms with E-state index in [9.17, 15) is 4.79 Å². The number of hydrogen-bond acceptors (Lipinski definition) is 4. The van der Waals surface area contributed by atoms with Crippen LogP contribution in [0.15, 0.2) is 6.07 Å². The molecule has 0 saturated carbocycles. The molecule has 2 N–H and O–H groups in total. The standard InChI is InChI=1S/C12H18N4O2/c1-7-5-11(16(2)15-7)14-12(17)10-6-8-9(18-10)3-4-13-8/h5,8-10,13H,3-4,6H2,1-2H3,(H,14,17)/t8-,9-,10-/m1/s1. The number of nitrogens with one attached hydrogen (secondary N) is 2. The van der Waals surface area contributed by atoms with Crippen LogP contribution in [0, 0.1) is 6.92 Å². The van der Waals surface area contributed by atoms with Gasteiger partial charge >= 0.3 is 0 Å². The van der Waals surface area contributed by atoms with Crippen molar-refractivity contribution >= 4 is 11.7 Å². The molecule has 3 atom stereocenters. The summed E-state index contributed by atoms with van der Waals surface area (Å²) in [6.45, 7) is 2.89. The summed E-state index contributed by atoms with van der Waals surface area (Å²) in [4.78, 5) is 12.1. The van der Waals surface area contributed by atoms with Crippen LogP contribution in [0.3, 0.4) is 0 Å². The van der Waals surface area contributed by atoms with Crippen LogP contribution in [0.25, 0.3) is 0 Å². The molecule has 0 bridgehead atoms. The molecule has 18 heavy (non-hydrogen) atoms. The minimum Gasteiger partial charge on any atom is -0.363 e. The number of carbonyl (C=O) groups excluding carboxylic acids is 1. The van der Waals surface area contributed by atoms with Crippen LogP contribution in [0.4, 0.5) is 5.82 Å². The molecule has 0 spiro atoms. The minimum atomic E-state index is -0.344. The van der Waals surface area contributed by atoms with E-state index >= 15 is 0 Å². The third-order valence-electron chi connectivity index (χ3n) is 3.64. The highest BCUT2D eigenvalue weighted by atomic mass is 16.5. The van der Waals surface area contributed by atoms with Gasteiger partial charge in [0, 0.05) is 25.6 Å². The Kier molecular flexibility index (Phi) is 2.83. The second-order valence-electron chi connectivity index (χ2n) is 5.03. The van der Waals surface area contributed by atoms with Crippen LogP contribution in [-0.4, -0.2) is 40.5 Å². The van der Waals surface area contributed by atoms with Crippen LogP contribution in [0.2, 0.25) is 0 Å². The van der Waals surface area contributed by atoms with Gasteiger partial charge < -0.3 is 15.4 Å². The van der Waals surface area contributed by atoms with Gasteiger partial charge in [-0.05, 0) is 19.9 Å². The Morgan fingerprint density at radius 1 is 1.67 bits per heavy atom. The number of anilines is 1. The van der Waals surface area contributed by atoms with Gasteiger partial charge in [-0.3, -0.25) is 9.48 Å². The third-order valence-corrected chi connectivity index (χ3v) is 3.64. The Bertz CT molecular complexity index is 459. The molecule has 2 fully saturated rings. The second-order valence-corrected chi connectivity index (χ2v) is 5.03. The smallest absolute Gasteiger partial charge is 0.254 e. The SMILES string of the molecule is Cc1cc(NC(=O)[C@H]2C[C@H]3NCC[C@H]3O2)n(C)n1. The first-order valence-electron chi connectivity index (χ1n) is 6.34. The molecule has 1 aromatic rings. The van der Waals surface area contributed by atoms with Crippen molar-refractivity contribution in [1.82, 2.24) is 15.1 Å². The Hall–Kier alpha value is -1.40. The van der Waals surface area contributed by atoms with Crippen molar-refractivity contribution < 1.29 is 9.53 Å². The first kappa shape index (κ1) is 11.7. The predicted octanol–water partition coefficient (Wildman–Crippen LogP) is 0.186. The van der Waals surface area contributed by atoms with Gasteiger partial charge in [0.05, 0.1) is 11.8 Å². The minimum absolute atomic E-state index is 0.0748. The molecular weight excluding hydrogens is 232 g/mol. The average molecular weight is 250 g/mol. The lowest BCUT2D eigenvalue weighted by Crippen LogP contribution is -2.30. The van der Waals surface area contributed by atoms with Crippen LogP contribution in [0.5, 0.6) is 0 Å². The summed E-state index contributed by atoms with van der Waals surface area (Å²) in [5.41, 5.74) is 0.888. The quantitative estimate of drug-likeness (QED) is 0.786. The van der Waals surface area contributed by atoms with Gasteiger partial charge in [-0.15, -0.1) is 0 Å². The number of rotatable bonds is 2. The maximum atomic E-state index is 12.1. The van der Waals surface area contributed by atoms with Crippen molar-refractivity contribution in [1.29, 1.82) is 0 Å². The normalized spacial score (nSPS) is 30.4. The lowest BCUT2D eigenvalue weighted by Gasteiger charge is -2.12. The summed E-state index contributed by atoms with van der Waals surface area (Å²) in [5, 5.41) is 10.4. The number of hydrogen-bond donors (Lipinski definition) is 2. The predicted molar refractivity (Wildman–Crippen MR) is 66.3 cm³/mol. The fourth-order valence-corrected chi connectivity index (χ4v) is 2.74. The highest BCUT2D eigenvalue weighted by Gasteiger charge is 2.41. The summed E-state index contributed by atoms with van der Waals surface area (Å²) in [6.07, 6.45) is 1.61. The number of aromatic nitrogens is 2. The Morgan fingerprint density at radius 2 is 2.50 bits per heavy atom. The summed E-state index contributed by atoms with van der Waals surface area (Å²) in [6, 6.07) is 2.19. The Labute approximate surface area is 106 Å². The molecule has 0 aliphatic carbocycles. The average Bonchev–Trinajstić information content (AvgIpc) is 2.93. The largest absolute Gasteiger partial charge is 0.363 e. The van der Waals surface area contributed by atoms with E-state index in [1.165, 1.54) is 0 Å². The molecule has 2 saturated heterocycles. The zero-order chi connectivity index (χ0) is 12.7. The maximum absolute atomic E-state index is 12.1. The first-order chi connectivity index (χ1) is 8.63. The Morgan fingerprint density at radius 3 is 3.17 bits per heavy atom. The molecule has 1 amide bonds. The Balaban J connectivity index is 1.64. The van der Waals surface area contributed by atoms with Gasteiger partial charge in [0.15, 0.2) is 0 Å². The number of aryl methyl sites for hydroxylation is 2. The van der Waals surface area contributed by atoms with Gasteiger partial charge in [0.25, 0.3) is 5.91 Å². The first-order valence-corrected chi connectivity index (χ1v) is 6.34. The second kappa shape index (κ2) is 4.37. The van der Waals surface area contributed by atoms with Crippen LogP contribution >= 0.6 is 0 Å². The van der Waals surface area contributed by atoms with Crippen LogP contribution in [0.1, 0.15) is 18.5 Å². The van der Waals surface area contributed by atoms with E-state index in [1.807, 2.05) is 20.0 Å². The molecule has 0 radical (unpaired) electrons. The number of carbonyl (C=O) groups is 1. The molecule has 1 aromatic heterocycles. The van der Waals surface area contributed by atoms with Gasteiger partial charge in [-0.25, -0.2) is 0 Å². The van der Waals surface area contributed by atoms with E-state index < -0.39 is 0 Å². The molecule has 98 valence electrons. The van der Waals surface area contributed by atoms with Crippen LogP contribution < -0.4 is 10.6 Å². The van der Waals surface area contributed by atoms with Crippen molar-refractivity contribution in [3.63, 3.8) is 0 Å². The van der Waals surface area contributed by atoms with E-state index in [0.717, 1.165) is 25.1 Å². The zero-order valence-corrected chi connectivity index (χ0v) is 10.6. The summed E-state index contributed by atoms with van der Waals surface area (Å²) in [5.74, 6) is 0.639. The lowest BCUT2D eigenvalue weighted by molar-refractivity contribution is -0.126. The molecule has 6 heteroatoms. The number of amides is 1. The molecule has 0 aromatic carbocycles. The fourth-order valence-electron chi connectivity index (χ4n) is 2.74. The zero-order valence-electron chi connectivity index (χ0n) is 10.6. The topological polar surface area (TPSA) is 68.2 Å². The molecular formula is C12H18N4O2. The highest BCUT2D eigenvalue weighted by Crippen LogP contribution is 2.27. The van der Waals surface area contributed by atoms with Gasteiger partial charge in [-0.2, -0.15) is 5.10 Å². The fraction of sp³-hybridized carbons (Fsp3) is 0.667. The molecule has 3 rings (SSSR count). The number of nitrogens with zero attached hydrogens (tertiary/aromatic N) is 2. The van der Waals surface area contributed by atoms with E-state index in [1.54, 1.807) is 4.68 Å². The molecule has 0 unspecified atom stereocenters. The summed E-state index contributed by atoms with van der Waals surface area (Å²) >= 11 is 0.